The van der Waals surface area contributed by atoms with Gasteiger partial charge >= 0.3 is 0 Å². The summed E-state index contributed by atoms with van der Waals surface area (Å²) < 4.78 is 0. The van der Waals surface area contributed by atoms with Crippen molar-refractivity contribution in [1.29, 1.82) is 0 Å². The predicted octanol–water partition coefficient (Wildman–Crippen LogP) is 5.61. The largest absolute Gasteiger partial charge is 0.333 e. The minimum absolute atomic E-state index is 0. The predicted molar refractivity (Wildman–Crippen MR) is 123 cm³/mol. The summed E-state index contributed by atoms with van der Waals surface area (Å²) in [6.45, 7) is 17.1. The average Bonchev–Trinajstić information content (AvgIpc) is 3.07. The van der Waals surface area contributed by atoms with Crippen LogP contribution in [0.25, 0.3) is 0 Å². The molecule has 0 heterocycles. The summed E-state index contributed by atoms with van der Waals surface area (Å²) in [4.78, 5) is 0. The van der Waals surface area contributed by atoms with Gasteiger partial charge in [-0.05, 0) is 70.9 Å². The van der Waals surface area contributed by atoms with Crippen molar-refractivity contribution >= 4 is 0 Å². The number of rotatable bonds is 7. The molecule has 0 amide bonds. The molecular formula is C23H53N3. The Bertz CT molecular complexity index is 300. The summed E-state index contributed by atoms with van der Waals surface area (Å²) in [5.74, 6) is 3.10. The summed E-state index contributed by atoms with van der Waals surface area (Å²) in [6.07, 6.45) is 11.6. The summed E-state index contributed by atoms with van der Waals surface area (Å²) in [7, 11) is 3.45. The third-order valence-electron chi connectivity index (χ3n) is 5.37. The second-order valence-electron chi connectivity index (χ2n) is 8.39. The normalized spacial score (nSPS) is 27.2. The molecule has 3 nitrogen and oxygen atoms in total. The van der Waals surface area contributed by atoms with Crippen LogP contribution in [0.2, 0.25) is 0 Å². The Morgan fingerprint density at radius 1 is 1.12 bits per heavy atom. The maximum atomic E-state index is 4.50. The van der Waals surface area contributed by atoms with Crippen LogP contribution in [-0.2, 0) is 0 Å². The third kappa shape index (κ3) is 17.1. The van der Waals surface area contributed by atoms with E-state index in [1.54, 1.807) is 0 Å². The molecule has 5 unspecified atom stereocenters. The Morgan fingerprint density at radius 3 is 1.96 bits per heavy atom. The molecule has 0 aliphatic heterocycles. The van der Waals surface area contributed by atoms with Crippen LogP contribution in [0.15, 0.2) is 12.7 Å². The highest BCUT2D eigenvalue weighted by Gasteiger charge is 2.26. The highest BCUT2D eigenvalue weighted by molar-refractivity contribution is 4.84. The Labute approximate surface area is 167 Å². The van der Waals surface area contributed by atoms with Gasteiger partial charge in [-0.25, -0.2) is 0 Å². The van der Waals surface area contributed by atoms with Crippen LogP contribution in [0.5, 0.6) is 0 Å². The molecule has 5 atom stereocenters. The zero-order chi connectivity index (χ0) is 20.5. The summed E-state index contributed by atoms with van der Waals surface area (Å²) >= 11 is 0. The van der Waals surface area contributed by atoms with E-state index in [2.05, 4.69) is 64.5 Å². The van der Waals surface area contributed by atoms with Gasteiger partial charge in [0.15, 0.2) is 0 Å². The van der Waals surface area contributed by atoms with Crippen molar-refractivity contribution < 1.29 is 1.43 Å². The molecule has 26 heavy (non-hydrogen) atoms. The van der Waals surface area contributed by atoms with Gasteiger partial charge in [0.2, 0.25) is 0 Å². The van der Waals surface area contributed by atoms with Gasteiger partial charge in [0.1, 0.15) is 0 Å². The van der Waals surface area contributed by atoms with E-state index < -0.39 is 0 Å². The quantitative estimate of drug-likeness (QED) is 0.510. The second kappa shape index (κ2) is 18.0. The van der Waals surface area contributed by atoms with E-state index in [1.807, 2.05) is 13.1 Å². The van der Waals surface area contributed by atoms with Gasteiger partial charge in [-0.1, -0.05) is 53.5 Å². The number of hydrogen-bond acceptors (Lipinski definition) is 3. The van der Waals surface area contributed by atoms with Gasteiger partial charge in [0.25, 0.3) is 0 Å². The molecule has 0 aromatic heterocycles. The van der Waals surface area contributed by atoms with Crippen LogP contribution in [0.1, 0.15) is 87.9 Å². The molecule has 2 aliphatic rings. The SMILES string of the molecule is C=CCC(C)NC1CCC(CCC)C1.CC1CC1C.CN.CNC(C)C.[HH]. The molecule has 0 spiro atoms. The molecule has 160 valence electrons. The number of hydrogen-bond donors (Lipinski definition) is 3. The van der Waals surface area contributed by atoms with Crippen molar-refractivity contribution in [2.45, 2.75) is 105 Å². The van der Waals surface area contributed by atoms with E-state index in [0.29, 0.717) is 12.1 Å². The molecule has 2 fully saturated rings. The minimum atomic E-state index is 0. The van der Waals surface area contributed by atoms with Crippen molar-refractivity contribution in [3.63, 3.8) is 0 Å². The first kappa shape index (κ1) is 27.8. The van der Waals surface area contributed by atoms with Crippen LogP contribution in [0.3, 0.4) is 0 Å². The number of nitrogens with two attached hydrogens (primary N) is 1. The summed E-state index contributed by atoms with van der Waals surface area (Å²) in [6, 6.07) is 2.02. The van der Waals surface area contributed by atoms with Crippen LogP contribution < -0.4 is 16.4 Å². The molecule has 0 radical (unpaired) electrons. The molecular weight excluding hydrogens is 318 g/mol. The molecule has 0 bridgehead atoms. The first-order valence-corrected chi connectivity index (χ1v) is 11.0. The van der Waals surface area contributed by atoms with Gasteiger partial charge in [-0.3, -0.25) is 0 Å². The van der Waals surface area contributed by atoms with E-state index in [-0.39, 0.29) is 1.43 Å². The molecule has 2 saturated carbocycles. The number of nitrogens with one attached hydrogen (secondary N) is 2. The maximum Gasteiger partial charge on any atom is 0.00757 e. The third-order valence-corrected chi connectivity index (χ3v) is 5.37. The van der Waals surface area contributed by atoms with Gasteiger partial charge in [-0.2, -0.15) is 0 Å². The molecule has 2 aliphatic carbocycles. The van der Waals surface area contributed by atoms with Crippen molar-refractivity contribution in [3.8, 4) is 0 Å². The Hall–Kier alpha value is -0.380. The van der Waals surface area contributed by atoms with Gasteiger partial charge in [0, 0.05) is 19.6 Å². The smallest absolute Gasteiger partial charge is 0.00757 e. The standard InChI is InChI=1S/C13H25N.C5H10.C4H11N.CH5N.H2/c1-4-6-11(3)14-13-9-8-12(10-13)7-5-2;1-4-3-5(4)2;1-4(2)5-3;1-2;/h4,11-14H,1,5-10H2,2-3H3;4-5H,3H2,1-2H3;4-5H,1-3H3;2H2,1H3;1H. The lowest BCUT2D eigenvalue weighted by Crippen LogP contribution is -2.34. The maximum absolute atomic E-state index is 4.50. The fourth-order valence-corrected chi connectivity index (χ4v) is 3.13. The lowest BCUT2D eigenvalue weighted by Gasteiger charge is -2.18. The van der Waals surface area contributed by atoms with Crippen molar-refractivity contribution in [2.75, 3.05) is 14.1 Å². The molecule has 0 saturated heterocycles. The fraction of sp³-hybridized carbons (Fsp3) is 0.913. The van der Waals surface area contributed by atoms with Crippen LogP contribution in [0, 0.1) is 17.8 Å². The molecule has 2 rings (SSSR count). The summed E-state index contributed by atoms with van der Waals surface area (Å²) in [5.41, 5.74) is 4.50. The lowest BCUT2D eigenvalue weighted by atomic mass is 10.0. The molecule has 0 aromatic carbocycles. The topological polar surface area (TPSA) is 50.1 Å². The highest BCUT2D eigenvalue weighted by Crippen LogP contribution is 2.36. The van der Waals surface area contributed by atoms with Crippen LogP contribution >= 0.6 is 0 Å². The van der Waals surface area contributed by atoms with E-state index >= 15 is 0 Å². The Kier molecular flexibility index (Phi) is 19.3. The van der Waals surface area contributed by atoms with Gasteiger partial charge in [0.05, 0.1) is 0 Å². The van der Waals surface area contributed by atoms with Crippen molar-refractivity contribution in [2.24, 2.45) is 23.5 Å². The molecule has 3 heteroatoms. The fourth-order valence-electron chi connectivity index (χ4n) is 3.13. The van der Waals surface area contributed by atoms with Crippen LogP contribution in [0.4, 0.5) is 0 Å². The molecule has 4 N–H and O–H groups in total. The van der Waals surface area contributed by atoms with E-state index in [1.165, 1.54) is 45.6 Å². The zero-order valence-electron chi connectivity index (χ0n) is 19.3. The second-order valence-corrected chi connectivity index (χ2v) is 8.39. The van der Waals surface area contributed by atoms with E-state index in [0.717, 1.165) is 30.2 Å². The Morgan fingerprint density at radius 2 is 1.62 bits per heavy atom. The average molecular weight is 372 g/mol. The molecule has 0 aromatic rings. The first-order valence-electron chi connectivity index (χ1n) is 11.0. The highest BCUT2D eigenvalue weighted by atomic mass is 14.9. The van der Waals surface area contributed by atoms with E-state index in [4.69, 9.17) is 0 Å². The summed E-state index contributed by atoms with van der Waals surface area (Å²) in [5, 5.41) is 6.72. The lowest BCUT2D eigenvalue weighted by molar-refractivity contribution is 0.424. The zero-order valence-corrected chi connectivity index (χ0v) is 19.3. The van der Waals surface area contributed by atoms with Crippen molar-refractivity contribution in [1.82, 2.24) is 10.6 Å². The Balaban J connectivity index is -0.000000366. The van der Waals surface area contributed by atoms with Gasteiger partial charge < -0.3 is 16.4 Å². The van der Waals surface area contributed by atoms with Crippen molar-refractivity contribution in [3.05, 3.63) is 12.7 Å². The van der Waals surface area contributed by atoms with Crippen LogP contribution in [-0.4, -0.2) is 32.2 Å². The minimum Gasteiger partial charge on any atom is -0.333 e. The van der Waals surface area contributed by atoms with E-state index in [9.17, 15) is 0 Å². The van der Waals surface area contributed by atoms with Gasteiger partial charge in [-0.15, -0.1) is 6.58 Å². The monoisotopic (exact) mass is 371 g/mol. The first-order chi connectivity index (χ1) is 12.3.